The number of carbonyl (C=O) groups is 1. The summed E-state index contributed by atoms with van der Waals surface area (Å²) in [4.78, 5) is 14.7. The van der Waals surface area contributed by atoms with E-state index in [9.17, 15) is 4.79 Å². The molecule has 0 aliphatic carbocycles. The molecule has 1 amide bonds. The Hall–Kier alpha value is -2.09. The number of amides is 1. The molecule has 0 saturated carbocycles. The summed E-state index contributed by atoms with van der Waals surface area (Å²) in [6, 6.07) is 17.9. The monoisotopic (exact) mass is 265 g/mol. The van der Waals surface area contributed by atoms with Crippen molar-refractivity contribution in [2.24, 2.45) is 0 Å². The zero-order valence-corrected chi connectivity index (χ0v) is 11.6. The van der Waals surface area contributed by atoms with Gasteiger partial charge in [-0.25, -0.2) is 0 Å². The Bertz CT molecular complexity index is 591. The zero-order valence-electron chi connectivity index (χ0n) is 11.6. The van der Waals surface area contributed by atoms with Gasteiger partial charge in [-0.1, -0.05) is 42.8 Å². The Morgan fingerprint density at radius 3 is 2.45 bits per heavy atom. The normalized spacial score (nSPS) is 15.1. The van der Waals surface area contributed by atoms with Crippen LogP contribution >= 0.6 is 0 Å². The van der Waals surface area contributed by atoms with E-state index < -0.39 is 0 Å². The van der Waals surface area contributed by atoms with E-state index in [4.69, 9.17) is 0 Å². The van der Waals surface area contributed by atoms with Gasteiger partial charge in [0.1, 0.15) is 0 Å². The predicted molar refractivity (Wildman–Crippen MR) is 82.1 cm³/mol. The molecule has 1 aliphatic rings. The van der Waals surface area contributed by atoms with Gasteiger partial charge in [0.2, 0.25) is 0 Å². The largest absolute Gasteiger partial charge is 0.308 e. The first kappa shape index (κ1) is 12.9. The number of rotatable bonds is 1. The lowest BCUT2D eigenvalue weighted by Gasteiger charge is -2.27. The van der Waals surface area contributed by atoms with Crippen molar-refractivity contribution in [3.8, 4) is 0 Å². The average molecular weight is 265 g/mol. The molecule has 2 aromatic rings. The molecule has 0 atom stereocenters. The van der Waals surface area contributed by atoms with E-state index >= 15 is 0 Å². The van der Waals surface area contributed by atoms with Crippen molar-refractivity contribution < 1.29 is 4.79 Å². The molecular formula is C18H19NO. The van der Waals surface area contributed by atoms with E-state index in [1.807, 2.05) is 41.3 Å². The Morgan fingerprint density at radius 2 is 1.60 bits per heavy atom. The molecule has 20 heavy (non-hydrogen) atoms. The highest BCUT2D eigenvalue weighted by Crippen LogP contribution is 2.26. The molecule has 3 rings (SSSR count). The van der Waals surface area contributed by atoms with Gasteiger partial charge in [0.15, 0.2) is 0 Å². The standard InChI is InChI=1S/C18H19NO/c20-18(16-11-3-1-4-12-16)19-14-8-2-5-9-15-10-6-7-13-17(15)19/h1,3-4,6-7,10-13H,2,5,8-9,14H2. The van der Waals surface area contributed by atoms with E-state index in [0.717, 1.165) is 30.6 Å². The number of benzene rings is 2. The summed E-state index contributed by atoms with van der Waals surface area (Å²) >= 11 is 0. The fourth-order valence-corrected chi connectivity index (χ4v) is 2.82. The number of para-hydroxylation sites is 1. The van der Waals surface area contributed by atoms with Crippen LogP contribution in [0.15, 0.2) is 54.6 Å². The van der Waals surface area contributed by atoms with Gasteiger partial charge in [-0.2, -0.15) is 0 Å². The number of fused-ring (bicyclic) bond motifs is 1. The SMILES string of the molecule is O=C(c1ccccc1)N1CCCCCc2ccccc21. The molecule has 0 fully saturated rings. The second-order valence-electron chi connectivity index (χ2n) is 5.26. The third kappa shape index (κ3) is 2.60. The van der Waals surface area contributed by atoms with Gasteiger partial charge in [0.25, 0.3) is 5.91 Å². The van der Waals surface area contributed by atoms with Crippen LogP contribution in [0.25, 0.3) is 0 Å². The maximum atomic E-state index is 12.8. The van der Waals surface area contributed by atoms with Crippen molar-refractivity contribution in [1.29, 1.82) is 0 Å². The molecule has 2 nitrogen and oxygen atoms in total. The first-order chi connectivity index (χ1) is 9.86. The summed E-state index contributed by atoms with van der Waals surface area (Å²) in [7, 11) is 0. The third-order valence-corrected chi connectivity index (χ3v) is 3.88. The van der Waals surface area contributed by atoms with Gasteiger partial charge in [-0.3, -0.25) is 4.79 Å². The van der Waals surface area contributed by atoms with Crippen LogP contribution in [0, 0.1) is 0 Å². The summed E-state index contributed by atoms with van der Waals surface area (Å²) < 4.78 is 0. The minimum absolute atomic E-state index is 0.111. The Morgan fingerprint density at radius 1 is 0.850 bits per heavy atom. The Kier molecular flexibility index (Phi) is 3.82. The van der Waals surface area contributed by atoms with Crippen LogP contribution in [0.2, 0.25) is 0 Å². The molecule has 2 aromatic carbocycles. The fraction of sp³-hybridized carbons (Fsp3) is 0.278. The van der Waals surface area contributed by atoms with Crippen molar-refractivity contribution in [3.05, 3.63) is 65.7 Å². The maximum Gasteiger partial charge on any atom is 0.258 e. The summed E-state index contributed by atoms with van der Waals surface area (Å²) in [5.74, 6) is 0.111. The summed E-state index contributed by atoms with van der Waals surface area (Å²) in [6.07, 6.45) is 4.54. The molecular weight excluding hydrogens is 246 g/mol. The Balaban J connectivity index is 1.98. The molecule has 0 aromatic heterocycles. The smallest absolute Gasteiger partial charge is 0.258 e. The minimum atomic E-state index is 0.111. The van der Waals surface area contributed by atoms with Crippen LogP contribution in [0.5, 0.6) is 0 Å². The molecule has 1 heterocycles. The van der Waals surface area contributed by atoms with E-state index in [-0.39, 0.29) is 5.91 Å². The lowest BCUT2D eigenvalue weighted by Crippen LogP contribution is -2.33. The van der Waals surface area contributed by atoms with E-state index in [0.29, 0.717) is 0 Å². The molecule has 0 radical (unpaired) electrons. The second-order valence-corrected chi connectivity index (χ2v) is 5.26. The van der Waals surface area contributed by atoms with Gasteiger partial charge in [0, 0.05) is 17.8 Å². The molecule has 0 N–H and O–H groups in total. The fourth-order valence-electron chi connectivity index (χ4n) is 2.82. The first-order valence-electron chi connectivity index (χ1n) is 7.31. The van der Waals surface area contributed by atoms with Crippen LogP contribution in [-0.2, 0) is 6.42 Å². The van der Waals surface area contributed by atoms with Crippen molar-refractivity contribution in [2.45, 2.75) is 25.7 Å². The predicted octanol–water partition coefficient (Wildman–Crippen LogP) is 4.06. The van der Waals surface area contributed by atoms with Crippen molar-refractivity contribution in [2.75, 3.05) is 11.4 Å². The molecule has 0 bridgehead atoms. The molecule has 0 saturated heterocycles. The lowest BCUT2D eigenvalue weighted by molar-refractivity contribution is 0.0986. The topological polar surface area (TPSA) is 20.3 Å². The number of hydrogen-bond donors (Lipinski definition) is 0. The molecule has 2 heteroatoms. The van der Waals surface area contributed by atoms with Crippen LogP contribution in [0.4, 0.5) is 5.69 Å². The number of aryl methyl sites for hydroxylation is 1. The molecule has 102 valence electrons. The van der Waals surface area contributed by atoms with Crippen molar-refractivity contribution in [1.82, 2.24) is 0 Å². The summed E-state index contributed by atoms with van der Waals surface area (Å²) in [5, 5.41) is 0. The van der Waals surface area contributed by atoms with E-state index in [1.165, 1.54) is 18.4 Å². The van der Waals surface area contributed by atoms with Gasteiger partial charge >= 0.3 is 0 Å². The number of carbonyl (C=O) groups excluding carboxylic acids is 1. The van der Waals surface area contributed by atoms with Crippen LogP contribution in [-0.4, -0.2) is 12.5 Å². The van der Waals surface area contributed by atoms with Crippen LogP contribution < -0.4 is 4.90 Å². The summed E-state index contributed by atoms with van der Waals surface area (Å²) in [5.41, 5.74) is 3.14. The lowest BCUT2D eigenvalue weighted by atomic mass is 10.0. The van der Waals surface area contributed by atoms with E-state index in [1.54, 1.807) is 0 Å². The third-order valence-electron chi connectivity index (χ3n) is 3.88. The summed E-state index contributed by atoms with van der Waals surface area (Å²) in [6.45, 7) is 0.810. The number of anilines is 1. The van der Waals surface area contributed by atoms with Gasteiger partial charge in [0.05, 0.1) is 0 Å². The van der Waals surface area contributed by atoms with Crippen molar-refractivity contribution >= 4 is 11.6 Å². The van der Waals surface area contributed by atoms with Gasteiger partial charge in [-0.15, -0.1) is 0 Å². The van der Waals surface area contributed by atoms with Crippen LogP contribution in [0.1, 0.15) is 35.2 Å². The quantitative estimate of drug-likeness (QED) is 0.761. The zero-order chi connectivity index (χ0) is 13.8. The maximum absolute atomic E-state index is 12.8. The molecule has 1 aliphatic heterocycles. The van der Waals surface area contributed by atoms with Gasteiger partial charge < -0.3 is 4.90 Å². The minimum Gasteiger partial charge on any atom is -0.308 e. The van der Waals surface area contributed by atoms with E-state index in [2.05, 4.69) is 18.2 Å². The van der Waals surface area contributed by atoms with Gasteiger partial charge in [-0.05, 0) is 43.0 Å². The van der Waals surface area contributed by atoms with Crippen molar-refractivity contribution in [3.63, 3.8) is 0 Å². The first-order valence-corrected chi connectivity index (χ1v) is 7.31. The molecule has 0 spiro atoms. The average Bonchev–Trinajstić information content (AvgIpc) is 2.49. The Labute approximate surface area is 120 Å². The number of hydrogen-bond acceptors (Lipinski definition) is 1. The highest BCUT2D eigenvalue weighted by Gasteiger charge is 2.20. The van der Waals surface area contributed by atoms with Crippen LogP contribution in [0.3, 0.4) is 0 Å². The highest BCUT2D eigenvalue weighted by atomic mass is 16.2. The molecule has 0 unspecified atom stereocenters. The second kappa shape index (κ2) is 5.91. The highest BCUT2D eigenvalue weighted by molar-refractivity contribution is 6.06. The number of nitrogens with zero attached hydrogens (tertiary/aromatic N) is 1.